The smallest absolute Gasteiger partial charge is 0.207 e. The Hall–Kier alpha value is -0.570. The predicted molar refractivity (Wildman–Crippen MR) is 48.9 cm³/mol. The number of carbonyl (C=O) groups excluding carboxylic acids is 1. The van der Waals surface area contributed by atoms with E-state index in [0.717, 1.165) is 12.3 Å². The number of nitrogens with one attached hydrogen (secondary N) is 1. The van der Waals surface area contributed by atoms with Gasteiger partial charge >= 0.3 is 0 Å². The lowest BCUT2D eigenvalue weighted by molar-refractivity contribution is -0.109. The van der Waals surface area contributed by atoms with Crippen LogP contribution in [0.2, 0.25) is 0 Å². The number of amides is 1. The topological polar surface area (TPSA) is 32.3 Å². The summed E-state index contributed by atoms with van der Waals surface area (Å²) in [4.78, 5) is 12.6. The molecule has 70 valence electrons. The zero-order chi connectivity index (χ0) is 9.68. The maximum absolute atomic E-state index is 10.3. The van der Waals surface area contributed by atoms with Gasteiger partial charge in [-0.05, 0) is 45.3 Å². The normalized spacial score (nSPS) is 21.9. The van der Waals surface area contributed by atoms with Gasteiger partial charge in [-0.3, -0.25) is 4.79 Å². The van der Waals surface area contributed by atoms with Crippen molar-refractivity contribution in [1.29, 1.82) is 0 Å². The van der Waals surface area contributed by atoms with Gasteiger partial charge in [-0.1, -0.05) is 0 Å². The van der Waals surface area contributed by atoms with Crippen LogP contribution in [0.3, 0.4) is 0 Å². The van der Waals surface area contributed by atoms with E-state index in [1.54, 1.807) is 0 Å². The van der Waals surface area contributed by atoms with E-state index < -0.39 is 6.39 Å². The summed E-state index contributed by atoms with van der Waals surface area (Å²) in [5.41, 5.74) is 0. The van der Waals surface area contributed by atoms with Crippen LogP contribution < -0.4 is 5.32 Å². The third kappa shape index (κ3) is 3.22. The summed E-state index contributed by atoms with van der Waals surface area (Å²) in [6.07, 6.45) is 2.82. The minimum atomic E-state index is -0.659. The molecule has 1 fully saturated rings. The van der Waals surface area contributed by atoms with E-state index in [1.165, 1.54) is 25.9 Å². The monoisotopic (exact) mass is 172 g/mol. The molecule has 0 saturated carbocycles. The van der Waals surface area contributed by atoms with Crippen molar-refractivity contribution in [1.82, 2.24) is 10.2 Å². The number of nitrogens with zero attached hydrogens (tertiary/aromatic N) is 1. The van der Waals surface area contributed by atoms with E-state index in [9.17, 15) is 4.79 Å². The van der Waals surface area contributed by atoms with Gasteiger partial charge in [-0.25, -0.2) is 0 Å². The SMILES string of the molecule is [3H]C(=O)NCCC1CCN(C)CC1. The van der Waals surface area contributed by atoms with E-state index in [4.69, 9.17) is 1.37 Å². The van der Waals surface area contributed by atoms with Crippen molar-refractivity contribution >= 4 is 6.39 Å². The number of hydrogen-bond acceptors (Lipinski definition) is 2. The van der Waals surface area contributed by atoms with Crippen molar-refractivity contribution in [2.24, 2.45) is 5.92 Å². The van der Waals surface area contributed by atoms with Crippen molar-refractivity contribution in [3.63, 3.8) is 0 Å². The quantitative estimate of drug-likeness (QED) is 0.627. The van der Waals surface area contributed by atoms with Crippen molar-refractivity contribution in [3.05, 3.63) is 0 Å². The first kappa shape index (κ1) is 8.05. The van der Waals surface area contributed by atoms with Gasteiger partial charge in [0.1, 0.15) is 1.37 Å². The summed E-state index contributed by atoms with van der Waals surface area (Å²) in [6, 6.07) is 0. The second kappa shape index (κ2) is 5.14. The molecule has 1 aliphatic heterocycles. The maximum Gasteiger partial charge on any atom is 0.207 e. The Bertz CT molecular complexity index is 167. The molecule has 1 heterocycles. The first-order valence-electron chi connectivity index (χ1n) is 5.11. The van der Waals surface area contributed by atoms with Gasteiger partial charge in [-0.2, -0.15) is 0 Å². The fourth-order valence-electron chi connectivity index (χ4n) is 1.68. The van der Waals surface area contributed by atoms with Gasteiger partial charge < -0.3 is 10.2 Å². The molecule has 1 rings (SSSR count). The van der Waals surface area contributed by atoms with Crippen LogP contribution in [-0.2, 0) is 4.79 Å². The minimum Gasteiger partial charge on any atom is -0.359 e. The van der Waals surface area contributed by atoms with Crippen LogP contribution in [-0.4, -0.2) is 38.0 Å². The fraction of sp³-hybridized carbons (Fsp3) is 0.889. The lowest BCUT2D eigenvalue weighted by atomic mass is 9.94. The van der Waals surface area contributed by atoms with Gasteiger partial charge in [0.05, 0.1) is 0 Å². The third-order valence-electron chi connectivity index (χ3n) is 2.59. The van der Waals surface area contributed by atoms with Gasteiger partial charge in [-0.15, -0.1) is 0 Å². The Morgan fingerprint density at radius 2 is 2.33 bits per heavy atom. The van der Waals surface area contributed by atoms with Crippen molar-refractivity contribution in [3.8, 4) is 0 Å². The van der Waals surface area contributed by atoms with Gasteiger partial charge in [0, 0.05) is 6.54 Å². The third-order valence-corrected chi connectivity index (χ3v) is 2.59. The van der Waals surface area contributed by atoms with Crippen molar-refractivity contribution < 1.29 is 6.17 Å². The highest BCUT2D eigenvalue weighted by molar-refractivity contribution is 5.45. The summed E-state index contributed by atoms with van der Waals surface area (Å²) in [6.45, 7) is 3.00. The Morgan fingerprint density at radius 1 is 1.67 bits per heavy atom. The summed E-state index contributed by atoms with van der Waals surface area (Å²) in [5.74, 6) is 0.739. The Morgan fingerprint density at radius 3 is 2.92 bits per heavy atom. The Kier molecular flexibility index (Phi) is 3.45. The van der Waals surface area contributed by atoms with E-state index in [1.807, 2.05) is 0 Å². The molecule has 0 bridgehead atoms. The van der Waals surface area contributed by atoms with Crippen molar-refractivity contribution in [2.75, 3.05) is 26.7 Å². The maximum atomic E-state index is 10.3. The molecule has 0 aromatic rings. The fourth-order valence-corrected chi connectivity index (χ4v) is 1.68. The number of hydrogen-bond donors (Lipinski definition) is 1. The van der Waals surface area contributed by atoms with Crippen LogP contribution in [0, 0.1) is 5.92 Å². The molecular formula is C9H18N2O. The number of piperidine rings is 1. The van der Waals surface area contributed by atoms with Crippen LogP contribution >= 0.6 is 0 Å². The molecule has 0 aromatic carbocycles. The predicted octanol–water partition coefficient (Wildman–Crippen LogP) is 0.464. The summed E-state index contributed by atoms with van der Waals surface area (Å²) < 4.78 is 6.67. The van der Waals surface area contributed by atoms with Gasteiger partial charge in [0.2, 0.25) is 6.39 Å². The lowest BCUT2D eigenvalue weighted by Gasteiger charge is -2.28. The van der Waals surface area contributed by atoms with Crippen LogP contribution in [0.4, 0.5) is 0 Å². The van der Waals surface area contributed by atoms with Crippen LogP contribution in [0.25, 0.3) is 0 Å². The van der Waals surface area contributed by atoms with Crippen molar-refractivity contribution in [2.45, 2.75) is 19.3 Å². The molecule has 0 atom stereocenters. The average molecular weight is 172 g/mol. The molecule has 0 aromatic heterocycles. The number of likely N-dealkylation sites (tertiary alicyclic amines) is 1. The average Bonchev–Trinajstić information content (AvgIpc) is 2.08. The highest BCUT2D eigenvalue weighted by Crippen LogP contribution is 2.18. The van der Waals surface area contributed by atoms with E-state index >= 15 is 0 Å². The molecule has 1 saturated heterocycles. The molecule has 0 spiro atoms. The lowest BCUT2D eigenvalue weighted by Crippen LogP contribution is -2.31. The molecule has 12 heavy (non-hydrogen) atoms. The first-order valence-corrected chi connectivity index (χ1v) is 4.61. The minimum absolute atomic E-state index is 0.659. The standard InChI is InChI=1S/C9H18N2O/c1-11-6-3-9(4-7-11)2-5-10-8-12/h8-9H,2-7H2,1H3,(H,10,12)/i8T. The molecule has 3 nitrogen and oxygen atoms in total. The Labute approximate surface area is 75.5 Å². The molecule has 1 amide bonds. The highest BCUT2D eigenvalue weighted by atomic mass is 16.1. The molecule has 1 N–H and O–H groups in total. The second-order valence-electron chi connectivity index (χ2n) is 3.56. The van der Waals surface area contributed by atoms with E-state index in [-0.39, 0.29) is 0 Å². The molecule has 1 aliphatic rings. The molecule has 0 radical (unpaired) electrons. The second-order valence-corrected chi connectivity index (χ2v) is 3.56. The zero-order valence-electron chi connectivity index (χ0n) is 8.68. The molecule has 0 aliphatic carbocycles. The first-order chi connectivity index (χ1) is 6.18. The van der Waals surface area contributed by atoms with Crippen LogP contribution in [0.15, 0.2) is 0 Å². The summed E-state index contributed by atoms with van der Waals surface area (Å²) >= 11 is 0. The largest absolute Gasteiger partial charge is 0.359 e. The van der Waals surface area contributed by atoms with Crippen LogP contribution in [0.1, 0.15) is 20.6 Å². The summed E-state index contributed by atoms with van der Waals surface area (Å²) in [7, 11) is 2.14. The van der Waals surface area contributed by atoms with Gasteiger partial charge in [0.15, 0.2) is 0 Å². The number of rotatable bonds is 3. The summed E-state index contributed by atoms with van der Waals surface area (Å²) in [5, 5.41) is 2.52. The van der Waals surface area contributed by atoms with E-state index in [0.29, 0.717) is 6.54 Å². The molecular weight excluding hydrogens is 152 g/mol. The van der Waals surface area contributed by atoms with E-state index in [2.05, 4.69) is 17.3 Å². The highest BCUT2D eigenvalue weighted by Gasteiger charge is 2.15. The Balaban J connectivity index is 2.05. The van der Waals surface area contributed by atoms with Crippen LogP contribution in [0.5, 0.6) is 0 Å². The molecule has 3 heteroatoms. The van der Waals surface area contributed by atoms with Gasteiger partial charge in [0.25, 0.3) is 0 Å². The number of carbonyl (C=O) groups is 1. The molecule has 0 unspecified atom stereocenters. The zero-order valence-corrected chi connectivity index (χ0v) is 7.68.